The van der Waals surface area contributed by atoms with Gasteiger partial charge in [0.1, 0.15) is 0 Å². The standard InChI is InChI=1S/C9H11N7O/c10-6-1-5(2-7(11)3-6)9(17)12-4-8-13-15-16-14-8/h1-3H,4,10-11H2,(H,12,17)(H,13,14,15,16). The highest BCUT2D eigenvalue weighted by molar-refractivity contribution is 5.96. The number of aromatic amines is 1. The first-order valence-electron chi connectivity index (χ1n) is 4.82. The molecule has 1 aromatic carbocycles. The van der Waals surface area contributed by atoms with Gasteiger partial charge in [-0.3, -0.25) is 4.79 Å². The summed E-state index contributed by atoms with van der Waals surface area (Å²) >= 11 is 0. The van der Waals surface area contributed by atoms with Crippen LogP contribution in [0.1, 0.15) is 16.2 Å². The third kappa shape index (κ3) is 2.68. The molecule has 0 radical (unpaired) electrons. The minimum absolute atomic E-state index is 0.185. The Morgan fingerprint density at radius 1 is 1.29 bits per heavy atom. The second kappa shape index (κ2) is 4.47. The summed E-state index contributed by atoms with van der Waals surface area (Å²) < 4.78 is 0. The number of anilines is 2. The van der Waals surface area contributed by atoms with Gasteiger partial charge in [-0.25, -0.2) is 0 Å². The van der Waals surface area contributed by atoms with E-state index in [2.05, 4.69) is 25.9 Å². The van der Waals surface area contributed by atoms with Gasteiger partial charge < -0.3 is 16.8 Å². The second-order valence-electron chi connectivity index (χ2n) is 3.40. The summed E-state index contributed by atoms with van der Waals surface area (Å²) in [5.74, 6) is 0.101. The largest absolute Gasteiger partial charge is 0.399 e. The Kier molecular flexibility index (Phi) is 2.86. The third-order valence-electron chi connectivity index (χ3n) is 2.04. The first kappa shape index (κ1) is 10.9. The summed E-state index contributed by atoms with van der Waals surface area (Å²) in [4.78, 5) is 11.7. The van der Waals surface area contributed by atoms with Crippen LogP contribution in [0.2, 0.25) is 0 Å². The third-order valence-corrected chi connectivity index (χ3v) is 2.04. The molecule has 0 saturated heterocycles. The fourth-order valence-corrected chi connectivity index (χ4v) is 1.33. The minimum Gasteiger partial charge on any atom is -0.399 e. The molecule has 2 aromatic rings. The van der Waals surface area contributed by atoms with E-state index in [9.17, 15) is 4.79 Å². The minimum atomic E-state index is -0.297. The van der Waals surface area contributed by atoms with Gasteiger partial charge in [-0.2, -0.15) is 5.21 Å². The van der Waals surface area contributed by atoms with Crippen LogP contribution >= 0.6 is 0 Å². The predicted octanol–water partition coefficient (Wildman–Crippen LogP) is -0.706. The van der Waals surface area contributed by atoms with Gasteiger partial charge in [-0.15, -0.1) is 10.2 Å². The van der Waals surface area contributed by atoms with Crippen LogP contribution in [0.5, 0.6) is 0 Å². The summed E-state index contributed by atoms with van der Waals surface area (Å²) in [5, 5.41) is 15.7. The smallest absolute Gasteiger partial charge is 0.251 e. The van der Waals surface area contributed by atoms with Crippen molar-refractivity contribution in [1.29, 1.82) is 0 Å². The van der Waals surface area contributed by atoms with E-state index in [0.29, 0.717) is 22.8 Å². The van der Waals surface area contributed by atoms with E-state index in [0.717, 1.165) is 0 Å². The number of carbonyl (C=O) groups is 1. The van der Waals surface area contributed by atoms with Crippen molar-refractivity contribution < 1.29 is 4.79 Å². The number of aromatic nitrogens is 4. The number of amides is 1. The number of tetrazole rings is 1. The van der Waals surface area contributed by atoms with Gasteiger partial charge in [-0.05, 0) is 18.2 Å². The molecule has 0 fully saturated rings. The Balaban J connectivity index is 2.04. The average Bonchev–Trinajstić information content (AvgIpc) is 2.77. The molecule has 1 aromatic heterocycles. The number of benzene rings is 1. The fraction of sp³-hybridized carbons (Fsp3) is 0.111. The van der Waals surface area contributed by atoms with Gasteiger partial charge >= 0.3 is 0 Å². The van der Waals surface area contributed by atoms with Gasteiger partial charge in [-0.1, -0.05) is 5.21 Å². The molecule has 2 rings (SSSR count). The molecule has 8 heteroatoms. The monoisotopic (exact) mass is 233 g/mol. The van der Waals surface area contributed by atoms with E-state index in [1.165, 1.54) is 0 Å². The molecule has 0 aliphatic carbocycles. The highest BCUT2D eigenvalue weighted by Crippen LogP contribution is 2.13. The normalized spacial score (nSPS) is 10.1. The molecule has 0 unspecified atom stereocenters. The van der Waals surface area contributed by atoms with Crippen molar-refractivity contribution in [2.45, 2.75) is 6.54 Å². The van der Waals surface area contributed by atoms with Crippen molar-refractivity contribution in [3.63, 3.8) is 0 Å². The number of hydrogen-bond donors (Lipinski definition) is 4. The van der Waals surface area contributed by atoms with Crippen molar-refractivity contribution in [3.8, 4) is 0 Å². The highest BCUT2D eigenvalue weighted by Gasteiger charge is 2.08. The quantitative estimate of drug-likeness (QED) is 0.517. The average molecular weight is 233 g/mol. The molecule has 1 heterocycles. The lowest BCUT2D eigenvalue weighted by Crippen LogP contribution is -2.23. The molecule has 1 amide bonds. The number of nitrogens with one attached hydrogen (secondary N) is 2. The number of nitrogens with two attached hydrogens (primary N) is 2. The second-order valence-corrected chi connectivity index (χ2v) is 3.40. The topological polar surface area (TPSA) is 136 Å². The van der Waals surface area contributed by atoms with Crippen molar-refractivity contribution in [2.75, 3.05) is 11.5 Å². The van der Waals surface area contributed by atoms with Crippen LogP contribution in [-0.2, 0) is 6.54 Å². The van der Waals surface area contributed by atoms with E-state index in [4.69, 9.17) is 11.5 Å². The number of hydrogen-bond acceptors (Lipinski definition) is 6. The lowest BCUT2D eigenvalue weighted by Gasteiger charge is -2.04. The van der Waals surface area contributed by atoms with E-state index in [1.807, 2.05) is 0 Å². The molecule has 88 valence electrons. The molecule has 0 bridgehead atoms. The predicted molar refractivity (Wildman–Crippen MR) is 60.6 cm³/mol. The fourth-order valence-electron chi connectivity index (χ4n) is 1.33. The van der Waals surface area contributed by atoms with Gasteiger partial charge in [0.05, 0.1) is 6.54 Å². The molecule has 17 heavy (non-hydrogen) atoms. The maximum Gasteiger partial charge on any atom is 0.251 e. The Hall–Kier alpha value is -2.64. The van der Waals surface area contributed by atoms with Gasteiger partial charge in [0.15, 0.2) is 5.82 Å². The van der Waals surface area contributed by atoms with E-state index in [-0.39, 0.29) is 12.5 Å². The van der Waals surface area contributed by atoms with Crippen molar-refractivity contribution in [2.24, 2.45) is 0 Å². The molecule has 0 atom stereocenters. The molecular formula is C9H11N7O. The van der Waals surface area contributed by atoms with E-state index >= 15 is 0 Å². The molecule has 0 aliphatic rings. The Bertz CT molecular complexity index is 502. The van der Waals surface area contributed by atoms with Crippen LogP contribution in [0, 0.1) is 0 Å². The number of nitrogen functional groups attached to an aromatic ring is 2. The highest BCUT2D eigenvalue weighted by atomic mass is 16.1. The molecule has 0 saturated carbocycles. The number of nitrogens with zero attached hydrogens (tertiary/aromatic N) is 3. The van der Waals surface area contributed by atoms with Gasteiger partial charge in [0, 0.05) is 16.9 Å². The molecule has 0 spiro atoms. The van der Waals surface area contributed by atoms with E-state index < -0.39 is 0 Å². The summed E-state index contributed by atoms with van der Waals surface area (Å²) in [5.41, 5.74) is 12.5. The maximum atomic E-state index is 11.7. The number of H-pyrrole nitrogens is 1. The molecular weight excluding hydrogens is 222 g/mol. The van der Waals surface area contributed by atoms with Crippen molar-refractivity contribution >= 4 is 17.3 Å². The summed E-state index contributed by atoms with van der Waals surface area (Å²) in [6, 6.07) is 4.67. The van der Waals surface area contributed by atoms with Crippen LogP contribution in [0.15, 0.2) is 18.2 Å². The lowest BCUT2D eigenvalue weighted by atomic mass is 10.1. The zero-order valence-corrected chi connectivity index (χ0v) is 8.84. The summed E-state index contributed by atoms with van der Waals surface area (Å²) in [6.45, 7) is 0.185. The van der Waals surface area contributed by atoms with Crippen molar-refractivity contribution in [3.05, 3.63) is 29.6 Å². The first-order valence-corrected chi connectivity index (χ1v) is 4.82. The van der Waals surface area contributed by atoms with Crippen LogP contribution in [0.4, 0.5) is 11.4 Å². The Labute approximate surface area is 96.4 Å². The van der Waals surface area contributed by atoms with Gasteiger partial charge in [0.25, 0.3) is 5.91 Å². The van der Waals surface area contributed by atoms with Crippen molar-refractivity contribution in [1.82, 2.24) is 25.9 Å². The van der Waals surface area contributed by atoms with E-state index in [1.54, 1.807) is 18.2 Å². The lowest BCUT2D eigenvalue weighted by molar-refractivity contribution is 0.0950. The van der Waals surface area contributed by atoms with Gasteiger partial charge in [0.2, 0.25) is 0 Å². The molecule has 8 nitrogen and oxygen atoms in total. The molecule has 6 N–H and O–H groups in total. The molecule has 0 aliphatic heterocycles. The zero-order chi connectivity index (χ0) is 12.3. The summed E-state index contributed by atoms with van der Waals surface area (Å²) in [6.07, 6.45) is 0. The first-order chi connectivity index (χ1) is 8.15. The zero-order valence-electron chi connectivity index (χ0n) is 8.84. The Morgan fingerprint density at radius 3 is 2.59 bits per heavy atom. The number of carbonyl (C=O) groups excluding carboxylic acids is 1. The van der Waals surface area contributed by atoms with Crippen LogP contribution in [0.25, 0.3) is 0 Å². The Morgan fingerprint density at radius 2 is 2.00 bits per heavy atom. The SMILES string of the molecule is Nc1cc(N)cc(C(=O)NCc2nn[nH]n2)c1. The van der Waals surface area contributed by atoms with Crippen LogP contribution in [0.3, 0.4) is 0 Å². The summed E-state index contributed by atoms with van der Waals surface area (Å²) in [7, 11) is 0. The van der Waals surface area contributed by atoms with Crippen LogP contribution in [-0.4, -0.2) is 26.5 Å². The number of rotatable bonds is 3. The maximum absolute atomic E-state index is 11.7. The van der Waals surface area contributed by atoms with Crippen LogP contribution < -0.4 is 16.8 Å².